The number of rotatable bonds is 5. The number of benzene rings is 1. The molecule has 0 fully saturated rings. The highest BCUT2D eigenvalue weighted by Gasteiger charge is 2.21. The van der Waals surface area contributed by atoms with Crippen molar-refractivity contribution in [3.05, 3.63) is 18.2 Å². The molecule has 0 atom stereocenters. The van der Waals surface area contributed by atoms with Gasteiger partial charge in [-0.1, -0.05) is 0 Å². The molecule has 0 bridgehead atoms. The Morgan fingerprint density at radius 1 is 1.10 bits per heavy atom. The third-order valence-corrected chi connectivity index (χ3v) is 3.97. The topological polar surface area (TPSA) is 155 Å². The van der Waals surface area contributed by atoms with Crippen LogP contribution in [-0.4, -0.2) is 37.6 Å². The zero-order valence-electron chi connectivity index (χ0n) is 10.6. The SMILES string of the molecule is CC(=O)CC(=O)Nc1cc(S(=O)(=O)O)ccc1S(=O)(=O)O. The molecule has 0 saturated carbocycles. The molecule has 0 aliphatic carbocycles. The van der Waals surface area contributed by atoms with Gasteiger partial charge in [-0.05, 0) is 25.1 Å². The quantitative estimate of drug-likeness (QED) is 0.504. The van der Waals surface area contributed by atoms with E-state index in [1.54, 1.807) is 0 Å². The Labute approximate surface area is 120 Å². The smallest absolute Gasteiger partial charge is 0.296 e. The number of amides is 1. The number of carbonyl (C=O) groups excluding carboxylic acids is 2. The van der Waals surface area contributed by atoms with Crippen LogP contribution in [0.5, 0.6) is 0 Å². The zero-order valence-corrected chi connectivity index (χ0v) is 12.2. The number of anilines is 1. The van der Waals surface area contributed by atoms with E-state index in [-0.39, 0.29) is 0 Å². The van der Waals surface area contributed by atoms with Gasteiger partial charge in [0.15, 0.2) is 0 Å². The summed E-state index contributed by atoms with van der Waals surface area (Å²) in [5.74, 6) is -1.41. The summed E-state index contributed by atoms with van der Waals surface area (Å²) in [5.41, 5.74) is -0.570. The van der Waals surface area contributed by atoms with Crippen LogP contribution in [0.4, 0.5) is 5.69 Å². The standard InChI is InChI=1S/C10H11NO8S2/c1-6(12)4-10(13)11-8-5-7(20(14,15)16)2-3-9(8)21(17,18)19/h2-3,5H,4H2,1H3,(H,11,13)(H,14,15,16)(H,17,18,19). The highest BCUT2D eigenvalue weighted by atomic mass is 32.2. The maximum Gasteiger partial charge on any atom is 0.296 e. The van der Waals surface area contributed by atoms with Crippen molar-refractivity contribution in [1.82, 2.24) is 0 Å². The van der Waals surface area contributed by atoms with E-state index in [4.69, 9.17) is 9.11 Å². The highest BCUT2D eigenvalue weighted by Crippen LogP contribution is 2.25. The fourth-order valence-corrected chi connectivity index (χ4v) is 2.55. The molecule has 3 N–H and O–H groups in total. The summed E-state index contributed by atoms with van der Waals surface area (Å²) in [6.07, 6.45) is -0.568. The molecule has 0 saturated heterocycles. The molecule has 1 rings (SSSR count). The Kier molecular flexibility index (Phi) is 4.83. The summed E-state index contributed by atoms with van der Waals surface area (Å²) < 4.78 is 62.1. The van der Waals surface area contributed by atoms with E-state index in [9.17, 15) is 26.4 Å². The van der Waals surface area contributed by atoms with Crippen molar-refractivity contribution in [2.45, 2.75) is 23.1 Å². The molecule has 21 heavy (non-hydrogen) atoms. The van der Waals surface area contributed by atoms with Crippen LogP contribution < -0.4 is 5.32 Å². The molecule has 116 valence electrons. The number of carbonyl (C=O) groups is 2. The summed E-state index contributed by atoms with van der Waals surface area (Å²) in [6.45, 7) is 1.12. The van der Waals surface area contributed by atoms with Crippen LogP contribution in [0.25, 0.3) is 0 Å². The van der Waals surface area contributed by atoms with Crippen LogP contribution in [-0.2, 0) is 29.8 Å². The molecule has 0 aromatic heterocycles. The third kappa shape index (κ3) is 4.90. The molecule has 11 heteroatoms. The second-order valence-electron chi connectivity index (χ2n) is 4.04. The molecule has 1 amide bonds. The van der Waals surface area contributed by atoms with Gasteiger partial charge < -0.3 is 5.32 Å². The molecule has 0 aliphatic heterocycles. The minimum Gasteiger partial charge on any atom is -0.324 e. The van der Waals surface area contributed by atoms with Crippen molar-refractivity contribution in [1.29, 1.82) is 0 Å². The van der Waals surface area contributed by atoms with Crippen LogP contribution in [0.15, 0.2) is 28.0 Å². The van der Waals surface area contributed by atoms with Gasteiger partial charge in [0.2, 0.25) is 5.91 Å². The summed E-state index contributed by atoms with van der Waals surface area (Å²) in [5, 5.41) is 1.99. The predicted molar refractivity (Wildman–Crippen MR) is 70.0 cm³/mol. The van der Waals surface area contributed by atoms with Gasteiger partial charge in [-0.25, -0.2) is 0 Å². The molecule has 0 aliphatic rings. The first-order valence-corrected chi connectivity index (χ1v) is 8.17. The maximum absolute atomic E-state index is 11.4. The number of ketones is 1. The van der Waals surface area contributed by atoms with Gasteiger partial charge in [-0.15, -0.1) is 0 Å². The van der Waals surface area contributed by atoms with Crippen molar-refractivity contribution in [3.63, 3.8) is 0 Å². The number of Topliss-reactive ketones (excluding diaryl/α,β-unsaturated/α-hetero) is 1. The highest BCUT2D eigenvalue weighted by molar-refractivity contribution is 7.86. The summed E-state index contributed by atoms with van der Waals surface area (Å²) in [4.78, 5) is 20.8. The first kappa shape index (κ1) is 17.2. The van der Waals surface area contributed by atoms with Crippen molar-refractivity contribution in [2.75, 3.05) is 5.32 Å². The van der Waals surface area contributed by atoms with E-state index in [0.29, 0.717) is 12.1 Å². The normalized spacial score (nSPS) is 12.0. The van der Waals surface area contributed by atoms with E-state index in [0.717, 1.165) is 13.0 Å². The first-order chi connectivity index (χ1) is 9.41. The lowest BCUT2D eigenvalue weighted by Crippen LogP contribution is -2.17. The third-order valence-electron chi connectivity index (χ3n) is 2.21. The zero-order chi connectivity index (χ0) is 16.4. The monoisotopic (exact) mass is 337 g/mol. The predicted octanol–water partition coefficient (Wildman–Crippen LogP) is 0.0976. The molecular formula is C10H11NO8S2. The van der Waals surface area contributed by atoms with Gasteiger partial charge in [0.05, 0.1) is 17.0 Å². The minimum absolute atomic E-state index is 0.508. The minimum atomic E-state index is -4.75. The maximum atomic E-state index is 11.4. The fourth-order valence-electron chi connectivity index (χ4n) is 1.41. The lowest BCUT2D eigenvalue weighted by atomic mass is 10.2. The van der Waals surface area contributed by atoms with Crippen molar-refractivity contribution >= 4 is 37.6 Å². The van der Waals surface area contributed by atoms with E-state index < -0.39 is 53.8 Å². The van der Waals surface area contributed by atoms with Crippen LogP contribution in [0, 0.1) is 0 Å². The number of nitrogens with one attached hydrogen (secondary N) is 1. The summed E-state index contributed by atoms with van der Waals surface area (Å²) in [7, 11) is -9.39. The Balaban J connectivity index is 3.37. The summed E-state index contributed by atoms with van der Waals surface area (Å²) >= 11 is 0. The van der Waals surface area contributed by atoms with Crippen molar-refractivity contribution in [3.8, 4) is 0 Å². The second kappa shape index (κ2) is 5.89. The van der Waals surface area contributed by atoms with Gasteiger partial charge in [0.25, 0.3) is 20.2 Å². The van der Waals surface area contributed by atoms with Crippen LogP contribution in [0.1, 0.15) is 13.3 Å². The van der Waals surface area contributed by atoms with Crippen LogP contribution in [0.3, 0.4) is 0 Å². The molecule has 1 aromatic carbocycles. The summed E-state index contributed by atoms with van der Waals surface area (Å²) in [6, 6.07) is 2.08. The fraction of sp³-hybridized carbons (Fsp3) is 0.200. The first-order valence-electron chi connectivity index (χ1n) is 5.29. The van der Waals surface area contributed by atoms with E-state index in [1.165, 1.54) is 0 Å². The average molecular weight is 337 g/mol. The molecule has 0 heterocycles. The molecule has 0 radical (unpaired) electrons. The largest absolute Gasteiger partial charge is 0.324 e. The Morgan fingerprint density at radius 2 is 1.67 bits per heavy atom. The molecule has 0 spiro atoms. The van der Waals surface area contributed by atoms with Gasteiger partial charge >= 0.3 is 0 Å². The van der Waals surface area contributed by atoms with Crippen molar-refractivity contribution in [2.24, 2.45) is 0 Å². The Bertz CT molecular complexity index is 794. The number of hydrogen-bond acceptors (Lipinski definition) is 6. The van der Waals surface area contributed by atoms with E-state index in [2.05, 4.69) is 0 Å². The van der Waals surface area contributed by atoms with Gasteiger partial charge in [0, 0.05) is 0 Å². The second-order valence-corrected chi connectivity index (χ2v) is 6.85. The van der Waals surface area contributed by atoms with E-state index >= 15 is 0 Å². The van der Waals surface area contributed by atoms with Gasteiger partial charge in [-0.2, -0.15) is 16.8 Å². The van der Waals surface area contributed by atoms with Gasteiger partial charge in [0.1, 0.15) is 10.7 Å². The molecular weight excluding hydrogens is 326 g/mol. The number of hydrogen-bond donors (Lipinski definition) is 3. The average Bonchev–Trinajstić information content (AvgIpc) is 2.24. The van der Waals surface area contributed by atoms with Crippen molar-refractivity contribution < 1.29 is 35.5 Å². The lowest BCUT2D eigenvalue weighted by Gasteiger charge is -2.10. The lowest BCUT2D eigenvalue weighted by molar-refractivity contribution is -0.124. The van der Waals surface area contributed by atoms with Crippen LogP contribution in [0.2, 0.25) is 0 Å². The molecule has 9 nitrogen and oxygen atoms in total. The molecule has 1 aromatic rings. The van der Waals surface area contributed by atoms with E-state index in [1.807, 2.05) is 5.32 Å². The van der Waals surface area contributed by atoms with Gasteiger partial charge in [-0.3, -0.25) is 18.7 Å². The molecule has 0 unspecified atom stereocenters. The Hall–Kier alpha value is -1.82. The Morgan fingerprint density at radius 3 is 2.10 bits per heavy atom. The van der Waals surface area contributed by atoms with Crippen LogP contribution >= 0.6 is 0 Å².